The first-order valence-electron chi connectivity index (χ1n) is 6.17. The molecule has 0 unspecified atom stereocenters. The van der Waals surface area contributed by atoms with Crippen LogP contribution in [0.1, 0.15) is 25.5 Å². The molecule has 0 bridgehead atoms. The molecule has 0 radical (unpaired) electrons. The normalized spacial score (nSPS) is 11.8. The van der Waals surface area contributed by atoms with Crippen molar-refractivity contribution in [3.63, 3.8) is 0 Å². The number of rotatable bonds is 1. The van der Waals surface area contributed by atoms with Crippen molar-refractivity contribution in [2.24, 2.45) is 7.05 Å². The van der Waals surface area contributed by atoms with Gasteiger partial charge in [-0.2, -0.15) is 0 Å². The summed E-state index contributed by atoms with van der Waals surface area (Å²) in [4.78, 5) is 19.6. The molecular formula is C14H14BrN3O. The van der Waals surface area contributed by atoms with Crippen LogP contribution in [0.4, 0.5) is 0 Å². The molecule has 0 atom stereocenters. The molecule has 0 spiro atoms. The fourth-order valence-electron chi connectivity index (χ4n) is 2.41. The highest BCUT2D eigenvalue weighted by atomic mass is 79.9. The highest BCUT2D eigenvalue weighted by Crippen LogP contribution is 2.29. The van der Waals surface area contributed by atoms with Crippen LogP contribution in [0.2, 0.25) is 0 Å². The van der Waals surface area contributed by atoms with Crippen molar-refractivity contribution < 1.29 is 0 Å². The predicted octanol–water partition coefficient (Wildman–Crippen LogP) is 3.30. The van der Waals surface area contributed by atoms with Crippen LogP contribution < -0.4 is 5.69 Å². The van der Waals surface area contributed by atoms with E-state index in [1.165, 1.54) is 0 Å². The van der Waals surface area contributed by atoms with E-state index in [-0.39, 0.29) is 11.6 Å². The quantitative estimate of drug-likeness (QED) is 0.748. The van der Waals surface area contributed by atoms with Gasteiger partial charge in [0.15, 0.2) is 0 Å². The predicted molar refractivity (Wildman–Crippen MR) is 80.6 cm³/mol. The van der Waals surface area contributed by atoms with Gasteiger partial charge in [-0.15, -0.1) is 0 Å². The first-order chi connectivity index (χ1) is 8.99. The molecule has 3 rings (SSSR count). The van der Waals surface area contributed by atoms with Crippen LogP contribution in [-0.4, -0.2) is 14.5 Å². The van der Waals surface area contributed by atoms with Crippen LogP contribution in [0.15, 0.2) is 27.5 Å². The lowest BCUT2D eigenvalue weighted by atomic mass is 10.1. The molecule has 19 heavy (non-hydrogen) atoms. The van der Waals surface area contributed by atoms with E-state index in [2.05, 4.69) is 34.8 Å². The van der Waals surface area contributed by atoms with Gasteiger partial charge in [-0.3, -0.25) is 9.55 Å². The monoisotopic (exact) mass is 319 g/mol. The number of imidazole rings is 1. The van der Waals surface area contributed by atoms with Gasteiger partial charge in [0.1, 0.15) is 0 Å². The minimum absolute atomic E-state index is 0.105. The van der Waals surface area contributed by atoms with Gasteiger partial charge in [0.2, 0.25) is 0 Å². The van der Waals surface area contributed by atoms with Crippen LogP contribution in [0.3, 0.4) is 0 Å². The number of H-pyrrole nitrogens is 1. The van der Waals surface area contributed by atoms with Gasteiger partial charge in [0.25, 0.3) is 0 Å². The number of halogens is 1. The number of hydrogen-bond acceptors (Lipinski definition) is 2. The molecule has 1 N–H and O–H groups in total. The van der Waals surface area contributed by atoms with E-state index in [0.29, 0.717) is 0 Å². The Kier molecular flexibility index (Phi) is 2.74. The summed E-state index contributed by atoms with van der Waals surface area (Å²) in [5.41, 5.74) is 3.51. The van der Waals surface area contributed by atoms with E-state index < -0.39 is 0 Å². The Bertz CT molecular complexity index is 845. The molecule has 5 heteroatoms. The van der Waals surface area contributed by atoms with Crippen molar-refractivity contribution in [2.45, 2.75) is 19.8 Å². The van der Waals surface area contributed by atoms with Gasteiger partial charge < -0.3 is 4.98 Å². The van der Waals surface area contributed by atoms with Crippen molar-refractivity contribution >= 4 is 37.9 Å². The van der Waals surface area contributed by atoms with Crippen LogP contribution >= 0.6 is 15.9 Å². The molecule has 3 aromatic rings. The van der Waals surface area contributed by atoms with Gasteiger partial charge >= 0.3 is 5.69 Å². The number of aromatic amines is 1. The third kappa shape index (κ3) is 1.80. The molecule has 98 valence electrons. The average molecular weight is 320 g/mol. The maximum Gasteiger partial charge on any atom is 0.326 e. The summed E-state index contributed by atoms with van der Waals surface area (Å²) in [7, 11) is 1.78. The van der Waals surface area contributed by atoms with Crippen molar-refractivity contribution in [3.05, 3.63) is 38.9 Å². The van der Waals surface area contributed by atoms with Gasteiger partial charge in [0, 0.05) is 16.9 Å². The van der Waals surface area contributed by atoms with Crippen molar-refractivity contribution in [2.75, 3.05) is 0 Å². The number of nitrogens with zero attached hydrogens (tertiary/aromatic N) is 2. The standard InChI is InChI=1S/C14H14BrN3O/c1-7(2)11-13-12(17-14(19)18(13)3)9-6-8(15)4-5-10(9)16-11/h4-7H,1-3H3,(H,17,19). The second-order valence-electron chi connectivity index (χ2n) is 5.03. The third-order valence-electron chi connectivity index (χ3n) is 3.37. The number of hydrogen-bond donors (Lipinski definition) is 1. The molecule has 0 aliphatic carbocycles. The number of aryl methyl sites for hydroxylation is 1. The maximum atomic E-state index is 11.9. The van der Waals surface area contributed by atoms with E-state index in [0.717, 1.165) is 32.1 Å². The average Bonchev–Trinajstić information content (AvgIpc) is 2.65. The van der Waals surface area contributed by atoms with E-state index in [9.17, 15) is 4.79 Å². The van der Waals surface area contributed by atoms with Gasteiger partial charge in [-0.1, -0.05) is 29.8 Å². The maximum absolute atomic E-state index is 11.9. The Balaban J connectivity index is 2.61. The molecule has 0 saturated heterocycles. The molecule has 0 aliphatic heterocycles. The molecule has 0 amide bonds. The van der Waals surface area contributed by atoms with Crippen molar-refractivity contribution in [3.8, 4) is 0 Å². The summed E-state index contributed by atoms with van der Waals surface area (Å²) in [6.07, 6.45) is 0. The second-order valence-corrected chi connectivity index (χ2v) is 5.94. The fourth-order valence-corrected chi connectivity index (χ4v) is 2.77. The smallest absolute Gasteiger partial charge is 0.305 e. The second kappa shape index (κ2) is 4.20. The Morgan fingerprint density at radius 1 is 1.37 bits per heavy atom. The van der Waals surface area contributed by atoms with Crippen LogP contribution in [0.5, 0.6) is 0 Å². The zero-order valence-electron chi connectivity index (χ0n) is 11.0. The van der Waals surface area contributed by atoms with Crippen LogP contribution in [-0.2, 0) is 7.05 Å². The summed E-state index contributed by atoms with van der Waals surface area (Å²) in [6.45, 7) is 4.17. The summed E-state index contributed by atoms with van der Waals surface area (Å²) in [6, 6.07) is 5.92. The highest BCUT2D eigenvalue weighted by molar-refractivity contribution is 9.10. The molecule has 0 aliphatic rings. The summed E-state index contributed by atoms with van der Waals surface area (Å²) >= 11 is 3.46. The topological polar surface area (TPSA) is 50.7 Å². The SMILES string of the molecule is CC(C)c1nc2ccc(Br)cc2c2[nH]c(=O)n(C)c12. The summed E-state index contributed by atoms with van der Waals surface area (Å²) in [5.74, 6) is 0.261. The lowest BCUT2D eigenvalue weighted by Gasteiger charge is -2.10. The zero-order valence-corrected chi connectivity index (χ0v) is 12.6. The van der Waals surface area contributed by atoms with E-state index >= 15 is 0 Å². The number of pyridine rings is 1. The minimum atomic E-state index is -0.105. The number of aromatic nitrogens is 3. The Hall–Kier alpha value is -1.62. The number of fused-ring (bicyclic) bond motifs is 3. The lowest BCUT2D eigenvalue weighted by Crippen LogP contribution is -2.12. The van der Waals surface area contributed by atoms with Gasteiger partial charge in [-0.05, 0) is 24.1 Å². The minimum Gasteiger partial charge on any atom is -0.305 e. The molecule has 0 fully saturated rings. The Labute approximate surface area is 118 Å². The van der Waals surface area contributed by atoms with Gasteiger partial charge in [-0.25, -0.2) is 4.79 Å². The molecule has 0 saturated carbocycles. The molecule has 4 nitrogen and oxygen atoms in total. The first-order valence-corrected chi connectivity index (χ1v) is 6.96. The first kappa shape index (κ1) is 12.4. The molecule has 2 heterocycles. The lowest BCUT2D eigenvalue weighted by molar-refractivity contribution is 0.814. The number of benzene rings is 1. The van der Waals surface area contributed by atoms with E-state index in [1.807, 2.05) is 18.2 Å². The van der Waals surface area contributed by atoms with E-state index in [4.69, 9.17) is 4.98 Å². The molecule has 1 aromatic carbocycles. The summed E-state index contributed by atoms with van der Waals surface area (Å²) < 4.78 is 2.61. The van der Waals surface area contributed by atoms with Gasteiger partial charge in [0.05, 0.1) is 22.2 Å². The van der Waals surface area contributed by atoms with Crippen LogP contribution in [0, 0.1) is 0 Å². The summed E-state index contributed by atoms with van der Waals surface area (Å²) in [5, 5.41) is 0.964. The zero-order chi connectivity index (χ0) is 13.7. The largest absolute Gasteiger partial charge is 0.326 e. The van der Waals surface area contributed by atoms with E-state index in [1.54, 1.807) is 11.6 Å². The number of nitrogens with one attached hydrogen (secondary N) is 1. The molecular weight excluding hydrogens is 306 g/mol. The Morgan fingerprint density at radius 3 is 2.79 bits per heavy atom. The van der Waals surface area contributed by atoms with Crippen molar-refractivity contribution in [1.29, 1.82) is 0 Å². The fraction of sp³-hybridized carbons (Fsp3) is 0.286. The third-order valence-corrected chi connectivity index (χ3v) is 3.86. The Morgan fingerprint density at radius 2 is 2.11 bits per heavy atom. The molecule has 2 aromatic heterocycles. The van der Waals surface area contributed by atoms with Crippen molar-refractivity contribution in [1.82, 2.24) is 14.5 Å². The van der Waals surface area contributed by atoms with Crippen LogP contribution in [0.25, 0.3) is 21.9 Å². The highest BCUT2D eigenvalue weighted by Gasteiger charge is 2.16.